The van der Waals surface area contributed by atoms with Crippen molar-refractivity contribution >= 4 is 17.5 Å². The van der Waals surface area contributed by atoms with Crippen molar-refractivity contribution in [2.75, 3.05) is 13.1 Å². The zero-order valence-corrected chi connectivity index (χ0v) is 14.9. The van der Waals surface area contributed by atoms with E-state index in [9.17, 15) is 4.79 Å². The van der Waals surface area contributed by atoms with Crippen molar-refractivity contribution in [2.24, 2.45) is 0 Å². The predicted molar refractivity (Wildman–Crippen MR) is 96.0 cm³/mol. The molecule has 0 N–H and O–H groups in total. The number of nitrogens with zero attached hydrogens (tertiary/aromatic N) is 2. The van der Waals surface area contributed by atoms with Crippen LogP contribution < -0.4 is 9.47 Å². The molecule has 2 heterocycles. The van der Waals surface area contributed by atoms with E-state index in [0.29, 0.717) is 29.6 Å². The number of amides is 1. The van der Waals surface area contributed by atoms with Gasteiger partial charge in [0.2, 0.25) is 0 Å². The Balaban J connectivity index is 1.50. The lowest BCUT2D eigenvalue weighted by Gasteiger charge is -2.33. The lowest BCUT2D eigenvalue weighted by atomic mass is 10.1. The van der Waals surface area contributed by atoms with Crippen LogP contribution >= 0.6 is 11.6 Å². The van der Waals surface area contributed by atoms with Gasteiger partial charge in [0.15, 0.2) is 6.10 Å². The molecule has 1 saturated heterocycles. The van der Waals surface area contributed by atoms with E-state index in [4.69, 9.17) is 21.1 Å². The monoisotopic (exact) mass is 360 g/mol. The standard InChI is InChI=1S/C19H21ClN2O3/c1-14(24-15-5-3-2-4-6-15)19(23)22-11-8-16(9-12-22)25-18-7-10-21-13-17(18)20/h2-7,10,13-14,16H,8-9,11-12H2,1H3. The molecule has 0 aliphatic carbocycles. The molecule has 1 aliphatic heterocycles. The van der Waals surface area contributed by atoms with Crippen molar-refractivity contribution < 1.29 is 14.3 Å². The summed E-state index contributed by atoms with van der Waals surface area (Å²) >= 11 is 6.07. The molecular weight excluding hydrogens is 340 g/mol. The number of ether oxygens (including phenoxy) is 2. The molecule has 0 bridgehead atoms. The van der Waals surface area contributed by atoms with Crippen LogP contribution in [-0.4, -0.2) is 41.1 Å². The van der Waals surface area contributed by atoms with Crippen molar-refractivity contribution in [3.8, 4) is 11.5 Å². The van der Waals surface area contributed by atoms with Crippen molar-refractivity contribution in [2.45, 2.75) is 32.0 Å². The minimum absolute atomic E-state index is 0.00393. The maximum atomic E-state index is 12.6. The average Bonchev–Trinajstić information content (AvgIpc) is 2.64. The molecule has 5 nitrogen and oxygen atoms in total. The van der Waals surface area contributed by atoms with Gasteiger partial charge in [0.1, 0.15) is 22.6 Å². The second kappa shape index (κ2) is 8.21. The Hall–Kier alpha value is -2.27. The van der Waals surface area contributed by atoms with Crippen LogP contribution in [0.1, 0.15) is 19.8 Å². The predicted octanol–water partition coefficient (Wildman–Crippen LogP) is 3.57. The van der Waals surface area contributed by atoms with E-state index in [1.807, 2.05) is 35.2 Å². The van der Waals surface area contributed by atoms with Gasteiger partial charge in [-0.3, -0.25) is 9.78 Å². The fraction of sp³-hybridized carbons (Fsp3) is 0.368. The number of aromatic nitrogens is 1. The molecule has 6 heteroatoms. The van der Waals surface area contributed by atoms with Gasteiger partial charge in [-0.15, -0.1) is 0 Å². The van der Waals surface area contributed by atoms with Crippen molar-refractivity contribution in [1.29, 1.82) is 0 Å². The quantitative estimate of drug-likeness (QED) is 0.817. The molecule has 0 saturated carbocycles. The van der Waals surface area contributed by atoms with Crippen molar-refractivity contribution in [1.82, 2.24) is 9.88 Å². The summed E-state index contributed by atoms with van der Waals surface area (Å²) in [5.74, 6) is 1.35. The molecule has 25 heavy (non-hydrogen) atoms. The van der Waals surface area contributed by atoms with Crippen molar-refractivity contribution in [3.63, 3.8) is 0 Å². The third kappa shape index (κ3) is 4.63. The van der Waals surface area contributed by atoms with Gasteiger partial charge in [-0.25, -0.2) is 0 Å². The SMILES string of the molecule is CC(Oc1ccccc1)C(=O)N1CCC(Oc2ccncc2Cl)CC1. The van der Waals surface area contributed by atoms with Crippen LogP contribution in [0.2, 0.25) is 5.02 Å². The van der Waals surface area contributed by atoms with E-state index in [1.165, 1.54) is 0 Å². The smallest absolute Gasteiger partial charge is 0.263 e. The third-order valence-corrected chi connectivity index (χ3v) is 4.47. The highest BCUT2D eigenvalue weighted by Crippen LogP contribution is 2.26. The fourth-order valence-corrected chi connectivity index (χ4v) is 3.01. The number of rotatable bonds is 5. The van der Waals surface area contributed by atoms with E-state index in [2.05, 4.69) is 4.98 Å². The maximum absolute atomic E-state index is 12.6. The highest BCUT2D eigenvalue weighted by molar-refractivity contribution is 6.31. The Kier molecular flexibility index (Phi) is 5.76. The molecule has 1 fully saturated rings. The van der Waals surface area contributed by atoms with Gasteiger partial charge < -0.3 is 14.4 Å². The fourth-order valence-electron chi connectivity index (χ4n) is 2.84. The maximum Gasteiger partial charge on any atom is 0.263 e. The van der Waals surface area contributed by atoms with Crippen molar-refractivity contribution in [3.05, 3.63) is 53.8 Å². The Labute approximate surface area is 152 Å². The Morgan fingerprint density at radius 3 is 2.64 bits per heavy atom. The highest BCUT2D eigenvalue weighted by atomic mass is 35.5. The number of benzene rings is 1. The second-order valence-electron chi connectivity index (χ2n) is 6.02. The van der Waals surface area contributed by atoms with Crippen LogP contribution in [-0.2, 0) is 4.79 Å². The van der Waals surface area contributed by atoms with Crippen LogP contribution in [0.15, 0.2) is 48.8 Å². The number of halogens is 1. The summed E-state index contributed by atoms with van der Waals surface area (Å²) < 4.78 is 11.6. The molecule has 0 radical (unpaired) electrons. The van der Waals surface area contributed by atoms with Gasteiger partial charge in [0, 0.05) is 44.4 Å². The number of carbonyl (C=O) groups is 1. The highest BCUT2D eigenvalue weighted by Gasteiger charge is 2.28. The van der Waals surface area contributed by atoms with Crippen LogP contribution in [0.3, 0.4) is 0 Å². The van der Waals surface area contributed by atoms with Gasteiger partial charge >= 0.3 is 0 Å². The number of pyridine rings is 1. The number of hydrogen-bond acceptors (Lipinski definition) is 4. The largest absolute Gasteiger partial charge is 0.489 e. The van der Waals surface area contributed by atoms with Gasteiger partial charge in [-0.05, 0) is 19.1 Å². The second-order valence-corrected chi connectivity index (χ2v) is 6.43. The number of para-hydroxylation sites is 1. The summed E-state index contributed by atoms with van der Waals surface area (Å²) in [7, 11) is 0. The molecule has 1 amide bonds. The van der Waals surface area contributed by atoms with Gasteiger partial charge in [-0.2, -0.15) is 0 Å². The lowest BCUT2D eigenvalue weighted by Crippen LogP contribution is -2.46. The first-order valence-corrected chi connectivity index (χ1v) is 8.78. The number of piperidine rings is 1. The Bertz CT molecular complexity index is 703. The van der Waals surface area contributed by atoms with E-state index < -0.39 is 6.10 Å². The number of likely N-dealkylation sites (tertiary alicyclic amines) is 1. The van der Waals surface area contributed by atoms with Gasteiger partial charge in [0.05, 0.1) is 0 Å². The minimum Gasteiger partial charge on any atom is -0.489 e. The summed E-state index contributed by atoms with van der Waals surface area (Å²) in [6.45, 7) is 3.08. The summed E-state index contributed by atoms with van der Waals surface area (Å²) in [4.78, 5) is 18.3. The number of carbonyl (C=O) groups excluding carboxylic acids is 1. The summed E-state index contributed by atoms with van der Waals surface area (Å²) in [5.41, 5.74) is 0. The summed E-state index contributed by atoms with van der Waals surface area (Å²) in [6, 6.07) is 11.2. The Morgan fingerprint density at radius 1 is 1.24 bits per heavy atom. The first-order valence-electron chi connectivity index (χ1n) is 8.40. The van der Waals surface area contributed by atoms with E-state index in [0.717, 1.165) is 12.8 Å². The topological polar surface area (TPSA) is 51.7 Å². The molecule has 1 unspecified atom stereocenters. The summed E-state index contributed by atoms with van der Waals surface area (Å²) in [6.07, 6.45) is 4.30. The van der Waals surface area contributed by atoms with Crippen LogP contribution in [0.25, 0.3) is 0 Å². The molecule has 1 aliphatic rings. The average molecular weight is 361 g/mol. The van der Waals surface area contributed by atoms with E-state index >= 15 is 0 Å². The first-order chi connectivity index (χ1) is 12.1. The van der Waals surface area contributed by atoms with E-state index in [-0.39, 0.29) is 12.0 Å². The lowest BCUT2D eigenvalue weighted by molar-refractivity contribution is -0.139. The summed E-state index contributed by atoms with van der Waals surface area (Å²) in [5, 5.41) is 0.505. The van der Waals surface area contributed by atoms with Gasteiger partial charge in [0.25, 0.3) is 5.91 Å². The van der Waals surface area contributed by atoms with E-state index in [1.54, 1.807) is 25.4 Å². The zero-order chi connectivity index (χ0) is 17.6. The Morgan fingerprint density at radius 2 is 1.96 bits per heavy atom. The molecule has 1 aromatic carbocycles. The minimum atomic E-state index is -0.505. The molecule has 3 rings (SSSR count). The third-order valence-electron chi connectivity index (χ3n) is 4.19. The molecule has 132 valence electrons. The molecule has 2 aromatic rings. The van der Waals surface area contributed by atoms with Crippen LogP contribution in [0.4, 0.5) is 0 Å². The number of hydrogen-bond donors (Lipinski definition) is 0. The molecule has 1 aromatic heterocycles. The van der Waals surface area contributed by atoms with Crippen LogP contribution in [0.5, 0.6) is 11.5 Å². The normalized spacial score (nSPS) is 16.3. The van der Waals surface area contributed by atoms with Gasteiger partial charge in [-0.1, -0.05) is 29.8 Å². The molecular formula is C19H21ClN2O3. The molecule has 0 spiro atoms. The first kappa shape index (κ1) is 17.5. The zero-order valence-electron chi connectivity index (χ0n) is 14.1. The molecule has 1 atom stereocenters. The van der Waals surface area contributed by atoms with Crippen LogP contribution in [0, 0.1) is 0 Å².